The highest BCUT2D eigenvalue weighted by Gasteiger charge is 2.34. The summed E-state index contributed by atoms with van der Waals surface area (Å²) in [5, 5.41) is 2.99. The summed E-state index contributed by atoms with van der Waals surface area (Å²) in [6.45, 7) is 12.8. The van der Waals surface area contributed by atoms with Crippen LogP contribution < -0.4 is 10.1 Å². The van der Waals surface area contributed by atoms with Crippen molar-refractivity contribution in [1.82, 2.24) is 4.90 Å². The molecule has 0 unspecified atom stereocenters. The number of likely N-dealkylation sites (tertiary alicyclic amines) is 1. The SMILES string of the molecule is CCO[C@@](C)(CC(C)C)C(=O)Nc1ccc(OCCCN2CCCCCC2)cc1. The van der Waals surface area contributed by atoms with Gasteiger partial charge in [0, 0.05) is 18.8 Å². The predicted octanol–water partition coefficient (Wildman–Crippen LogP) is 5.11. The molecule has 0 aliphatic carbocycles. The molecule has 29 heavy (non-hydrogen) atoms. The number of anilines is 1. The summed E-state index contributed by atoms with van der Waals surface area (Å²) in [5.74, 6) is 1.12. The van der Waals surface area contributed by atoms with Crippen LogP contribution in [0.3, 0.4) is 0 Å². The molecule has 0 spiro atoms. The number of nitrogens with one attached hydrogen (secondary N) is 1. The van der Waals surface area contributed by atoms with Gasteiger partial charge in [0.15, 0.2) is 0 Å². The lowest BCUT2D eigenvalue weighted by Gasteiger charge is -2.29. The maximum absolute atomic E-state index is 12.8. The molecule has 1 atom stereocenters. The van der Waals surface area contributed by atoms with Crippen molar-refractivity contribution < 1.29 is 14.3 Å². The van der Waals surface area contributed by atoms with Gasteiger partial charge in [0.2, 0.25) is 0 Å². The largest absolute Gasteiger partial charge is 0.494 e. The Kier molecular flexibility index (Phi) is 9.95. The van der Waals surface area contributed by atoms with Crippen LogP contribution in [0.25, 0.3) is 0 Å². The molecule has 1 amide bonds. The molecule has 1 aromatic rings. The van der Waals surface area contributed by atoms with Crippen LogP contribution in [0, 0.1) is 5.92 Å². The van der Waals surface area contributed by atoms with Crippen molar-refractivity contribution in [1.29, 1.82) is 0 Å². The highest BCUT2D eigenvalue weighted by molar-refractivity contribution is 5.97. The van der Waals surface area contributed by atoms with E-state index in [1.54, 1.807) is 0 Å². The molecule has 1 saturated heterocycles. The monoisotopic (exact) mass is 404 g/mol. The first kappa shape index (κ1) is 23.7. The van der Waals surface area contributed by atoms with Crippen LogP contribution in [0.4, 0.5) is 5.69 Å². The maximum Gasteiger partial charge on any atom is 0.256 e. The zero-order chi connectivity index (χ0) is 21.1. The number of nitrogens with zero attached hydrogens (tertiary/aromatic N) is 1. The van der Waals surface area contributed by atoms with E-state index in [2.05, 4.69) is 24.1 Å². The minimum Gasteiger partial charge on any atom is -0.494 e. The number of amides is 1. The molecule has 5 nitrogen and oxygen atoms in total. The van der Waals surface area contributed by atoms with Crippen LogP contribution in [0.5, 0.6) is 5.75 Å². The summed E-state index contributed by atoms with van der Waals surface area (Å²) >= 11 is 0. The Labute approximate surface area is 177 Å². The van der Waals surface area contributed by atoms with Crippen LogP contribution in [-0.2, 0) is 9.53 Å². The van der Waals surface area contributed by atoms with E-state index in [-0.39, 0.29) is 5.91 Å². The second kappa shape index (κ2) is 12.2. The van der Waals surface area contributed by atoms with Crippen molar-refractivity contribution in [2.75, 3.05) is 38.2 Å². The van der Waals surface area contributed by atoms with Gasteiger partial charge in [-0.1, -0.05) is 26.7 Å². The smallest absolute Gasteiger partial charge is 0.256 e. The minimum atomic E-state index is -0.814. The second-order valence-corrected chi connectivity index (χ2v) is 8.70. The first-order valence-electron chi connectivity index (χ1n) is 11.3. The average molecular weight is 405 g/mol. The second-order valence-electron chi connectivity index (χ2n) is 8.70. The molecule has 0 bridgehead atoms. The molecule has 1 aromatic carbocycles. The van der Waals surface area contributed by atoms with Gasteiger partial charge in [-0.25, -0.2) is 0 Å². The fraction of sp³-hybridized carbons (Fsp3) is 0.708. The van der Waals surface area contributed by atoms with Crippen molar-refractivity contribution in [2.45, 2.75) is 71.8 Å². The predicted molar refractivity (Wildman–Crippen MR) is 120 cm³/mol. The van der Waals surface area contributed by atoms with Crippen molar-refractivity contribution in [3.63, 3.8) is 0 Å². The van der Waals surface area contributed by atoms with Gasteiger partial charge in [0.1, 0.15) is 11.4 Å². The molecule has 2 rings (SSSR count). The Balaban J connectivity index is 1.77. The van der Waals surface area contributed by atoms with E-state index >= 15 is 0 Å². The number of rotatable bonds is 11. The number of carbonyl (C=O) groups excluding carboxylic acids is 1. The summed E-state index contributed by atoms with van der Waals surface area (Å²) in [5.41, 5.74) is -0.0487. The van der Waals surface area contributed by atoms with E-state index in [0.29, 0.717) is 18.9 Å². The Morgan fingerprint density at radius 1 is 1.14 bits per heavy atom. The van der Waals surface area contributed by atoms with Crippen molar-refractivity contribution in [3.05, 3.63) is 24.3 Å². The Morgan fingerprint density at radius 3 is 2.38 bits per heavy atom. The summed E-state index contributed by atoms with van der Waals surface area (Å²) < 4.78 is 11.7. The lowest BCUT2D eigenvalue weighted by molar-refractivity contribution is -0.140. The van der Waals surface area contributed by atoms with E-state index in [0.717, 1.165) is 31.0 Å². The fourth-order valence-electron chi connectivity index (χ4n) is 4.05. The van der Waals surface area contributed by atoms with Crippen LogP contribution >= 0.6 is 0 Å². The molecule has 0 radical (unpaired) electrons. The third-order valence-electron chi connectivity index (χ3n) is 5.44. The van der Waals surface area contributed by atoms with Crippen molar-refractivity contribution >= 4 is 11.6 Å². The number of ether oxygens (including phenoxy) is 2. The zero-order valence-corrected chi connectivity index (χ0v) is 18.8. The van der Waals surface area contributed by atoms with Gasteiger partial charge in [0.25, 0.3) is 5.91 Å². The summed E-state index contributed by atoms with van der Waals surface area (Å²) in [4.78, 5) is 15.3. The van der Waals surface area contributed by atoms with Crippen LogP contribution in [0.1, 0.15) is 66.2 Å². The standard InChI is InChI=1S/C24H40N2O3/c1-5-29-24(4,19-20(2)3)23(27)25-21-11-13-22(14-12-21)28-18-10-17-26-15-8-6-7-9-16-26/h11-14,20H,5-10,15-19H2,1-4H3,(H,25,27)/t24-/m0/s1. The average Bonchev–Trinajstić information content (AvgIpc) is 2.95. The number of hydrogen-bond donors (Lipinski definition) is 1. The molecular weight excluding hydrogens is 364 g/mol. The quantitative estimate of drug-likeness (QED) is 0.521. The van der Waals surface area contributed by atoms with Gasteiger partial charge in [-0.3, -0.25) is 4.79 Å². The number of carbonyl (C=O) groups is 1. The highest BCUT2D eigenvalue weighted by atomic mass is 16.5. The molecular formula is C24H40N2O3. The summed E-state index contributed by atoms with van der Waals surface area (Å²) in [6, 6.07) is 7.62. The van der Waals surface area contributed by atoms with Crippen molar-refractivity contribution in [2.24, 2.45) is 5.92 Å². The third-order valence-corrected chi connectivity index (χ3v) is 5.44. The van der Waals surface area contributed by atoms with E-state index in [1.807, 2.05) is 38.1 Å². The first-order chi connectivity index (χ1) is 13.9. The van der Waals surface area contributed by atoms with Crippen molar-refractivity contribution in [3.8, 4) is 5.75 Å². The van der Waals surface area contributed by atoms with Gasteiger partial charge < -0.3 is 19.7 Å². The van der Waals surface area contributed by atoms with Gasteiger partial charge in [-0.05, 0) is 82.8 Å². The molecule has 0 saturated carbocycles. The third kappa shape index (κ3) is 8.35. The zero-order valence-electron chi connectivity index (χ0n) is 18.8. The molecule has 1 aliphatic heterocycles. The number of hydrogen-bond acceptors (Lipinski definition) is 4. The van der Waals surface area contributed by atoms with E-state index < -0.39 is 5.60 Å². The molecule has 1 heterocycles. The molecule has 164 valence electrons. The lowest BCUT2D eigenvalue weighted by Crippen LogP contribution is -2.43. The van der Waals surface area contributed by atoms with Crippen LogP contribution in [0.2, 0.25) is 0 Å². The topological polar surface area (TPSA) is 50.8 Å². The Hall–Kier alpha value is -1.59. The van der Waals surface area contributed by atoms with E-state index in [4.69, 9.17) is 9.47 Å². The molecule has 1 aliphatic rings. The molecule has 0 aromatic heterocycles. The Morgan fingerprint density at radius 2 is 1.79 bits per heavy atom. The van der Waals surface area contributed by atoms with E-state index in [1.165, 1.54) is 38.8 Å². The lowest BCUT2D eigenvalue weighted by atomic mass is 9.93. The summed E-state index contributed by atoms with van der Waals surface area (Å²) in [6.07, 6.45) is 7.13. The molecule has 1 fully saturated rings. The first-order valence-corrected chi connectivity index (χ1v) is 11.3. The van der Waals surface area contributed by atoms with Gasteiger partial charge >= 0.3 is 0 Å². The van der Waals surface area contributed by atoms with Gasteiger partial charge in [0.05, 0.1) is 6.61 Å². The minimum absolute atomic E-state index is 0.0980. The maximum atomic E-state index is 12.8. The van der Waals surface area contributed by atoms with Crippen LogP contribution in [-0.4, -0.2) is 49.3 Å². The Bertz CT molecular complexity index is 595. The summed E-state index contributed by atoms with van der Waals surface area (Å²) in [7, 11) is 0. The highest BCUT2D eigenvalue weighted by Crippen LogP contribution is 2.24. The fourth-order valence-corrected chi connectivity index (χ4v) is 4.05. The number of benzene rings is 1. The molecule has 5 heteroatoms. The van der Waals surface area contributed by atoms with Crippen LogP contribution in [0.15, 0.2) is 24.3 Å². The van der Waals surface area contributed by atoms with E-state index in [9.17, 15) is 4.79 Å². The van der Waals surface area contributed by atoms with Gasteiger partial charge in [-0.15, -0.1) is 0 Å². The van der Waals surface area contributed by atoms with Gasteiger partial charge in [-0.2, -0.15) is 0 Å². The normalized spacial score (nSPS) is 17.6. The molecule has 1 N–H and O–H groups in total.